The molecule has 5 rings (SSSR count). The van der Waals surface area contributed by atoms with Gasteiger partial charge in [-0.25, -0.2) is 13.2 Å². The predicted octanol–water partition coefficient (Wildman–Crippen LogP) is 5.03. The first-order chi connectivity index (χ1) is 17.3. The van der Waals surface area contributed by atoms with E-state index in [-0.39, 0.29) is 25.3 Å². The van der Waals surface area contributed by atoms with Gasteiger partial charge in [-0.05, 0) is 49.2 Å². The molecule has 1 aromatic carbocycles. The first-order valence-corrected chi connectivity index (χ1v) is 11.5. The number of benzene rings is 1. The average Bonchev–Trinajstić information content (AvgIpc) is 3.27. The number of rotatable bonds is 6. The van der Waals surface area contributed by atoms with Crippen LogP contribution in [0.25, 0.3) is 17.3 Å². The number of anilines is 2. The zero-order valence-corrected chi connectivity index (χ0v) is 20.2. The Kier molecular flexibility index (Phi) is 5.97. The zero-order chi connectivity index (χ0) is 25.6. The monoisotopic (exact) mass is 497 g/mol. The lowest BCUT2D eigenvalue weighted by Crippen LogP contribution is -2.57. The van der Waals surface area contributed by atoms with Crippen molar-refractivity contribution in [2.45, 2.75) is 38.3 Å². The molecule has 36 heavy (non-hydrogen) atoms. The summed E-state index contributed by atoms with van der Waals surface area (Å²) in [6.45, 7) is 7.81. The molecular formula is C26H26F3N5O2. The average molecular weight is 498 g/mol. The van der Waals surface area contributed by atoms with Gasteiger partial charge in [-0.2, -0.15) is 0 Å². The fourth-order valence-corrected chi connectivity index (χ4v) is 5.03. The lowest BCUT2D eigenvalue weighted by atomic mass is 9.93. The topological polar surface area (TPSA) is 72.4 Å². The van der Waals surface area contributed by atoms with Crippen molar-refractivity contribution in [2.24, 2.45) is 0 Å². The number of halogens is 3. The number of aromatic nitrogens is 3. The van der Waals surface area contributed by atoms with Crippen LogP contribution in [-0.4, -0.2) is 53.4 Å². The first-order valence-electron chi connectivity index (χ1n) is 11.5. The smallest absolute Gasteiger partial charge is 0.263 e. The molecule has 3 aromatic rings. The van der Waals surface area contributed by atoms with Crippen molar-refractivity contribution in [1.29, 1.82) is 0 Å². The van der Waals surface area contributed by atoms with Crippen molar-refractivity contribution < 1.29 is 22.6 Å². The number of pyridine rings is 1. The Hall–Kier alpha value is -3.82. The van der Waals surface area contributed by atoms with Crippen LogP contribution in [0.5, 0.6) is 11.5 Å². The molecule has 0 unspecified atom stereocenters. The number of nitrogens with zero attached hydrogens (tertiary/aromatic N) is 4. The molecule has 7 nitrogen and oxygen atoms in total. The second-order valence-corrected chi connectivity index (χ2v) is 9.06. The Morgan fingerprint density at radius 2 is 2.06 bits per heavy atom. The number of ether oxygens (including phenoxy) is 2. The molecule has 0 radical (unpaired) electrons. The summed E-state index contributed by atoms with van der Waals surface area (Å²) >= 11 is 0. The Bertz CT molecular complexity index is 1340. The summed E-state index contributed by atoms with van der Waals surface area (Å²) < 4.78 is 55.0. The van der Waals surface area contributed by atoms with Gasteiger partial charge in [0, 0.05) is 18.5 Å². The summed E-state index contributed by atoms with van der Waals surface area (Å²) in [5.41, 5.74) is 2.23. The van der Waals surface area contributed by atoms with E-state index in [2.05, 4.69) is 27.1 Å². The summed E-state index contributed by atoms with van der Waals surface area (Å²) in [4.78, 5) is 6.01. The number of hydrogen-bond donors (Lipinski definition) is 1. The van der Waals surface area contributed by atoms with E-state index in [1.165, 1.54) is 19.2 Å². The zero-order valence-electron chi connectivity index (χ0n) is 20.2. The Labute approximate surface area is 207 Å². The fraction of sp³-hybridized carbons (Fsp3) is 0.346. The highest BCUT2D eigenvalue weighted by atomic mass is 19.3. The van der Waals surface area contributed by atoms with Crippen LogP contribution in [-0.2, 0) is 0 Å². The van der Waals surface area contributed by atoms with Crippen molar-refractivity contribution in [2.75, 3.05) is 30.4 Å². The molecule has 10 heteroatoms. The van der Waals surface area contributed by atoms with E-state index in [1.54, 1.807) is 29.3 Å². The van der Waals surface area contributed by atoms with Gasteiger partial charge < -0.3 is 19.7 Å². The normalized spacial score (nSPS) is 20.5. The number of nitrogens with one attached hydrogen (secondary N) is 1. The molecule has 0 amide bonds. The third-order valence-corrected chi connectivity index (χ3v) is 7.11. The highest BCUT2D eigenvalue weighted by Gasteiger charge is 2.56. The van der Waals surface area contributed by atoms with Gasteiger partial charge in [-0.15, -0.1) is 10.2 Å². The predicted molar refractivity (Wildman–Crippen MR) is 131 cm³/mol. The summed E-state index contributed by atoms with van der Waals surface area (Å²) in [6.07, 6.45) is 0.206. The molecule has 2 aliphatic heterocycles. The van der Waals surface area contributed by atoms with E-state index in [0.29, 0.717) is 28.5 Å². The highest BCUT2D eigenvalue weighted by Crippen LogP contribution is 2.46. The van der Waals surface area contributed by atoms with Crippen molar-refractivity contribution in [3.05, 3.63) is 59.7 Å². The lowest BCUT2D eigenvalue weighted by molar-refractivity contribution is 0.0531. The van der Waals surface area contributed by atoms with E-state index in [0.717, 1.165) is 16.8 Å². The van der Waals surface area contributed by atoms with Gasteiger partial charge in [0.1, 0.15) is 17.4 Å². The van der Waals surface area contributed by atoms with Gasteiger partial charge in [0.25, 0.3) is 6.43 Å². The molecule has 4 heterocycles. The van der Waals surface area contributed by atoms with E-state index >= 15 is 0 Å². The van der Waals surface area contributed by atoms with Gasteiger partial charge in [-0.1, -0.05) is 12.6 Å². The number of para-hydroxylation sites is 1. The molecule has 0 spiro atoms. The van der Waals surface area contributed by atoms with E-state index in [1.807, 2.05) is 13.8 Å². The van der Waals surface area contributed by atoms with E-state index in [9.17, 15) is 13.2 Å². The molecule has 2 aliphatic rings. The van der Waals surface area contributed by atoms with Crippen LogP contribution in [0.15, 0.2) is 37.0 Å². The van der Waals surface area contributed by atoms with Gasteiger partial charge in [0.05, 0.1) is 36.9 Å². The van der Waals surface area contributed by atoms with Crippen LogP contribution in [0.1, 0.15) is 23.2 Å². The highest BCUT2D eigenvalue weighted by molar-refractivity contribution is 5.78. The maximum Gasteiger partial charge on any atom is 0.263 e. The second kappa shape index (κ2) is 9.00. The summed E-state index contributed by atoms with van der Waals surface area (Å²) in [5, 5.41) is 11.4. The first kappa shape index (κ1) is 23.9. The number of methoxy groups -OCH3 is 1. The molecule has 0 saturated carbocycles. The molecular weight excluding hydrogens is 471 g/mol. The summed E-state index contributed by atoms with van der Waals surface area (Å²) in [6, 6.07) is 6.10. The Balaban J connectivity index is 1.52. The number of hydrogen-bond acceptors (Lipinski definition) is 7. The van der Waals surface area contributed by atoms with Gasteiger partial charge >= 0.3 is 0 Å². The molecule has 0 bridgehead atoms. The maximum atomic E-state index is 14.6. The maximum absolute atomic E-state index is 14.6. The van der Waals surface area contributed by atoms with Crippen LogP contribution < -0.4 is 19.7 Å². The minimum Gasteiger partial charge on any atom is -0.493 e. The van der Waals surface area contributed by atoms with E-state index < -0.39 is 23.9 Å². The number of alkyl halides is 2. The van der Waals surface area contributed by atoms with Crippen LogP contribution in [0.2, 0.25) is 0 Å². The minimum absolute atomic E-state index is 0.0134. The molecule has 2 atom stereocenters. The van der Waals surface area contributed by atoms with Crippen LogP contribution in [0.3, 0.4) is 0 Å². The molecule has 2 aromatic heterocycles. The quantitative estimate of drug-likeness (QED) is 0.512. The van der Waals surface area contributed by atoms with Gasteiger partial charge in [0.2, 0.25) is 0 Å². The van der Waals surface area contributed by atoms with Gasteiger partial charge in [-0.3, -0.25) is 4.98 Å². The fourth-order valence-electron chi connectivity index (χ4n) is 5.03. The molecule has 1 fully saturated rings. The van der Waals surface area contributed by atoms with Crippen LogP contribution in [0.4, 0.5) is 24.7 Å². The minimum atomic E-state index is -2.66. The molecule has 1 saturated heterocycles. The van der Waals surface area contributed by atoms with Crippen molar-refractivity contribution in [3.63, 3.8) is 0 Å². The van der Waals surface area contributed by atoms with Crippen LogP contribution in [0, 0.1) is 19.7 Å². The van der Waals surface area contributed by atoms with Crippen molar-refractivity contribution in [3.8, 4) is 22.8 Å². The standard InChI is InChI=1S/C26H26F3N5O2/c1-5-19-14(2)15(3)22(11-30-19)36-16-10-26(25(28)29)13-31-24-21(34(26)12-16)9-20(32-33-24)17-7-6-8-18(27)23(17)35-4/h5-9,11,16,25H,1,10,12-13H2,2-4H3,(H,31,33)/t16-,26+/m1/s1. The number of fused-ring (bicyclic) bond motifs is 3. The summed E-state index contributed by atoms with van der Waals surface area (Å²) in [7, 11) is 1.36. The second-order valence-electron chi connectivity index (χ2n) is 9.06. The summed E-state index contributed by atoms with van der Waals surface area (Å²) in [5.74, 6) is 0.402. The van der Waals surface area contributed by atoms with Crippen molar-refractivity contribution >= 4 is 17.6 Å². The third kappa shape index (κ3) is 3.71. The Morgan fingerprint density at radius 3 is 2.78 bits per heavy atom. The SMILES string of the molecule is C=Cc1ncc(O[C@H]2CN3c4cc(-c5cccc(F)c5OC)nnc4NC[C@]3(C(F)F)C2)c(C)c1C. The Morgan fingerprint density at radius 1 is 1.25 bits per heavy atom. The van der Waals surface area contributed by atoms with Crippen LogP contribution >= 0.6 is 0 Å². The molecule has 1 N–H and O–H groups in total. The lowest BCUT2D eigenvalue weighted by Gasteiger charge is -2.43. The van der Waals surface area contributed by atoms with E-state index in [4.69, 9.17) is 9.47 Å². The molecule has 188 valence electrons. The molecule has 0 aliphatic carbocycles. The third-order valence-electron chi connectivity index (χ3n) is 7.11. The largest absolute Gasteiger partial charge is 0.493 e. The van der Waals surface area contributed by atoms with Crippen molar-refractivity contribution in [1.82, 2.24) is 15.2 Å². The van der Waals surface area contributed by atoms with Gasteiger partial charge in [0.15, 0.2) is 17.4 Å².